The molecule has 0 amide bonds. The molecule has 0 aromatic carbocycles. The maximum Gasteiger partial charge on any atom is 0.102 e. The lowest BCUT2D eigenvalue weighted by Crippen LogP contribution is -1.99. The molecule has 68 valence electrons. The smallest absolute Gasteiger partial charge is 0.102 e. The van der Waals surface area contributed by atoms with Crippen LogP contribution in [0.15, 0.2) is 36.2 Å². The minimum Gasteiger partial charge on any atom is -0.384 e. The van der Waals surface area contributed by atoms with Crippen molar-refractivity contribution in [1.29, 1.82) is 0 Å². The summed E-state index contributed by atoms with van der Waals surface area (Å²) in [5, 5.41) is 9.91. The molecule has 1 N–H and O–H groups in total. The fraction of sp³-hybridized carbons (Fsp3) is 0.364. The van der Waals surface area contributed by atoms with Crippen LogP contribution in [-0.4, -0.2) is 10.1 Å². The van der Waals surface area contributed by atoms with Crippen LogP contribution >= 0.6 is 0 Å². The van der Waals surface area contributed by atoms with Gasteiger partial charge in [0, 0.05) is 18.0 Å². The number of nitrogens with zero attached hydrogens (tertiary/aromatic N) is 1. The molecule has 0 radical (unpaired) electrons. The number of aliphatic hydroxyl groups is 1. The van der Waals surface area contributed by atoms with E-state index in [0.717, 1.165) is 24.0 Å². The molecule has 0 saturated heterocycles. The molecule has 0 spiro atoms. The Morgan fingerprint density at radius 2 is 2.38 bits per heavy atom. The third-order valence-electron chi connectivity index (χ3n) is 2.43. The van der Waals surface area contributed by atoms with Crippen LogP contribution in [0.5, 0.6) is 0 Å². The molecule has 2 nitrogen and oxygen atoms in total. The zero-order valence-electron chi connectivity index (χ0n) is 7.48. The zero-order chi connectivity index (χ0) is 9.10. The van der Waals surface area contributed by atoms with Crippen LogP contribution < -0.4 is 0 Å². The largest absolute Gasteiger partial charge is 0.384 e. The summed E-state index contributed by atoms with van der Waals surface area (Å²) in [7, 11) is 0. The Morgan fingerprint density at radius 3 is 3.00 bits per heavy atom. The van der Waals surface area contributed by atoms with Gasteiger partial charge in [0.1, 0.15) is 6.10 Å². The van der Waals surface area contributed by atoms with Crippen molar-refractivity contribution in [2.45, 2.75) is 25.4 Å². The van der Waals surface area contributed by atoms with Crippen molar-refractivity contribution in [2.75, 3.05) is 0 Å². The number of rotatable bonds is 2. The van der Waals surface area contributed by atoms with Gasteiger partial charge in [0.05, 0.1) is 0 Å². The van der Waals surface area contributed by atoms with E-state index in [1.165, 1.54) is 6.42 Å². The van der Waals surface area contributed by atoms with Gasteiger partial charge in [0.2, 0.25) is 0 Å². The predicted molar refractivity (Wildman–Crippen MR) is 51.1 cm³/mol. The molecule has 1 unspecified atom stereocenters. The number of hydrogen-bond donors (Lipinski definition) is 1. The van der Waals surface area contributed by atoms with Gasteiger partial charge in [0.25, 0.3) is 0 Å². The average Bonchev–Trinajstić information content (AvgIpc) is 2.71. The lowest BCUT2D eigenvalue weighted by Gasteiger charge is -2.11. The van der Waals surface area contributed by atoms with E-state index < -0.39 is 6.10 Å². The van der Waals surface area contributed by atoms with Gasteiger partial charge in [-0.1, -0.05) is 12.1 Å². The van der Waals surface area contributed by atoms with Crippen molar-refractivity contribution in [3.8, 4) is 0 Å². The van der Waals surface area contributed by atoms with Crippen LogP contribution in [0.25, 0.3) is 0 Å². The Labute approximate surface area is 77.9 Å². The van der Waals surface area contributed by atoms with Crippen LogP contribution in [0.4, 0.5) is 0 Å². The normalized spacial score (nSPS) is 18.4. The Hall–Kier alpha value is -1.15. The lowest BCUT2D eigenvalue weighted by molar-refractivity contribution is 0.212. The molecule has 0 bridgehead atoms. The zero-order valence-corrected chi connectivity index (χ0v) is 7.48. The Balaban J connectivity index is 2.17. The van der Waals surface area contributed by atoms with E-state index in [4.69, 9.17) is 0 Å². The van der Waals surface area contributed by atoms with E-state index in [1.54, 1.807) is 12.4 Å². The first kappa shape index (κ1) is 8.45. The number of hydrogen-bond acceptors (Lipinski definition) is 2. The molecule has 13 heavy (non-hydrogen) atoms. The van der Waals surface area contributed by atoms with Crippen LogP contribution in [0.2, 0.25) is 0 Å². The number of allylic oxidation sites excluding steroid dienone is 1. The van der Waals surface area contributed by atoms with Gasteiger partial charge < -0.3 is 5.11 Å². The summed E-state index contributed by atoms with van der Waals surface area (Å²) in [6.07, 6.45) is 8.45. The molecule has 1 aliphatic carbocycles. The molecule has 0 saturated carbocycles. The molecule has 0 fully saturated rings. The molecule has 1 aliphatic rings. The van der Waals surface area contributed by atoms with Crippen LogP contribution in [0.1, 0.15) is 30.9 Å². The first-order valence-corrected chi connectivity index (χ1v) is 4.65. The highest BCUT2D eigenvalue weighted by Crippen LogP contribution is 2.29. The Morgan fingerprint density at radius 1 is 1.46 bits per heavy atom. The van der Waals surface area contributed by atoms with Crippen LogP contribution in [0.3, 0.4) is 0 Å². The predicted octanol–water partition coefficient (Wildman–Crippen LogP) is 2.23. The van der Waals surface area contributed by atoms with Crippen molar-refractivity contribution in [3.63, 3.8) is 0 Å². The summed E-state index contributed by atoms with van der Waals surface area (Å²) in [6, 6.07) is 3.77. The molecular formula is C11H13NO. The summed E-state index contributed by atoms with van der Waals surface area (Å²) in [5.74, 6) is 0. The molecule has 1 aromatic heterocycles. The van der Waals surface area contributed by atoms with Gasteiger partial charge in [0.15, 0.2) is 0 Å². The standard InChI is InChI=1S/C11H13NO/c13-11(9-4-1-2-5-9)10-6-3-7-12-8-10/h3-4,6-8,11,13H,1-2,5H2. The van der Waals surface area contributed by atoms with E-state index in [2.05, 4.69) is 11.1 Å². The highest BCUT2D eigenvalue weighted by atomic mass is 16.3. The van der Waals surface area contributed by atoms with Crippen molar-refractivity contribution in [1.82, 2.24) is 4.98 Å². The summed E-state index contributed by atoms with van der Waals surface area (Å²) >= 11 is 0. The molecule has 1 aromatic rings. The average molecular weight is 175 g/mol. The minimum absolute atomic E-state index is 0.434. The van der Waals surface area contributed by atoms with E-state index >= 15 is 0 Å². The van der Waals surface area contributed by atoms with Gasteiger partial charge in [-0.05, 0) is 30.9 Å². The minimum atomic E-state index is -0.434. The molecule has 1 atom stereocenters. The van der Waals surface area contributed by atoms with E-state index in [9.17, 15) is 5.11 Å². The maximum atomic E-state index is 9.91. The number of pyridine rings is 1. The second-order valence-corrected chi connectivity index (χ2v) is 3.36. The topological polar surface area (TPSA) is 33.1 Å². The highest BCUT2D eigenvalue weighted by molar-refractivity contribution is 5.24. The third kappa shape index (κ3) is 1.78. The molecule has 1 heterocycles. The third-order valence-corrected chi connectivity index (χ3v) is 2.43. The summed E-state index contributed by atoms with van der Waals surface area (Å²) in [6.45, 7) is 0. The SMILES string of the molecule is OC(C1=CCCC1)c1cccnc1. The Bertz CT molecular complexity index is 305. The monoisotopic (exact) mass is 175 g/mol. The maximum absolute atomic E-state index is 9.91. The van der Waals surface area contributed by atoms with Crippen molar-refractivity contribution in [2.24, 2.45) is 0 Å². The van der Waals surface area contributed by atoms with Crippen molar-refractivity contribution >= 4 is 0 Å². The molecule has 2 heteroatoms. The van der Waals surface area contributed by atoms with Crippen molar-refractivity contribution in [3.05, 3.63) is 41.7 Å². The van der Waals surface area contributed by atoms with E-state index in [0.29, 0.717) is 0 Å². The second kappa shape index (κ2) is 3.71. The highest BCUT2D eigenvalue weighted by Gasteiger charge is 2.15. The van der Waals surface area contributed by atoms with Gasteiger partial charge in [-0.25, -0.2) is 0 Å². The number of aliphatic hydroxyl groups excluding tert-OH is 1. The molecule has 2 rings (SSSR count). The first-order valence-electron chi connectivity index (χ1n) is 4.65. The lowest BCUT2D eigenvalue weighted by atomic mass is 10.0. The summed E-state index contributed by atoms with van der Waals surface area (Å²) in [5.41, 5.74) is 2.05. The summed E-state index contributed by atoms with van der Waals surface area (Å²) < 4.78 is 0. The second-order valence-electron chi connectivity index (χ2n) is 3.36. The van der Waals surface area contributed by atoms with Crippen molar-refractivity contribution < 1.29 is 5.11 Å². The fourth-order valence-electron chi connectivity index (χ4n) is 1.70. The van der Waals surface area contributed by atoms with Gasteiger partial charge >= 0.3 is 0 Å². The van der Waals surface area contributed by atoms with E-state index in [-0.39, 0.29) is 0 Å². The number of aromatic nitrogens is 1. The molecule has 0 aliphatic heterocycles. The quantitative estimate of drug-likeness (QED) is 0.699. The van der Waals surface area contributed by atoms with Crippen LogP contribution in [0, 0.1) is 0 Å². The Kier molecular flexibility index (Phi) is 2.41. The first-order chi connectivity index (χ1) is 6.38. The van der Waals surface area contributed by atoms with Crippen LogP contribution in [-0.2, 0) is 0 Å². The fourth-order valence-corrected chi connectivity index (χ4v) is 1.70. The van der Waals surface area contributed by atoms with E-state index in [1.807, 2.05) is 12.1 Å². The summed E-state index contributed by atoms with van der Waals surface area (Å²) in [4.78, 5) is 3.99. The molecular weight excluding hydrogens is 162 g/mol. The van der Waals surface area contributed by atoms with Gasteiger partial charge in [-0.3, -0.25) is 4.98 Å². The van der Waals surface area contributed by atoms with Gasteiger partial charge in [-0.15, -0.1) is 0 Å². The van der Waals surface area contributed by atoms with Gasteiger partial charge in [-0.2, -0.15) is 0 Å².